The summed E-state index contributed by atoms with van der Waals surface area (Å²) in [6.45, 7) is 0. The monoisotopic (exact) mass is 371 g/mol. The van der Waals surface area contributed by atoms with Crippen molar-refractivity contribution in [2.45, 2.75) is 5.16 Å². The molecule has 0 spiro atoms. The van der Waals surface area contributed by atoms with Crippen LogP contribution in [0.25, 0.3) is 22.4 Å². The van der Waals surface area contributed by atoms with Gasteiger partial charge in [0, 0.05) is 22.5 Å². The van der Waals surface area contributed by atoms with Gasteiger partial charge in [0.1, 0.15) is 0 Å². The van der Waals surface area contributed by atoms with Crippen molar-refractivity contribution in [3.63, 3.8) is 0 Å². The molecule has 1 aromatic carbocycles. The lowest BCUT2D eigenvalue weighted by atomic mass is 10.2. The number of nitrogens with two attached hydrogens (primary N) is 1. The summed E-state index contributed by atoms with van der Waals surface area (Å²) >= 11 is 2.58. The molecule has 0 aliphatic rings. The number of carbonyl (C=O) groups excluding carboxylic acids is 1. The van der Waals surface area contributed by atoms with Crippen LogP contribution < -0.4 is 11.2 Å². The molecule has 0 radical (unpaired) electrons. The van der Waals surface area contributed by atoms with E-state index in [1.165, 1.54) is 27.8 Å². The molecule has 25 heavy (non-hydrogen) atoms. The maximum atomic E-state index is 11.9. The highest BCUT2D eigenvalue weighted by molar-refractivity contribution is 7.99. The van der Waals surface area contributed by atoms with Gasteiger partial charge >= 0.3 is 0 Å². The van der Waals surface area contributed by atoms with Crippen LogP contribution >= 0.6 is 23.1 Å². The molecule has 126 valence electrons. The predicted octanol–water partition coefficient (Wildman–Crippen LogP) is 2.33. The summed E-state index contributed by atoms with van der Waals surface area (Å²) in [6.07, 6.45) is 1.64. The molecule has 3 heterocycles. The molecule has 4 rings (SSSR count). The third-order valence-corrected chi connectivity index (χ3v) is 5.08. The number of benzene rings is 1. The van der Waals surface area contributed by atoms with E-state index >= 15 is 0 Å². The van der Waals surface area contributed by atoms with Gasteiger partial charge in [-0.3, -0.25) is 4.79 Å². The first-order chi connectivity index (χ1) is 12.2. The average molecular weight is 371 g/mol. The third-order valence-electron chi connectivity index (χ3n) is 3.45. The van der Waals surface area contributed by atoms with Gasteiger partial charge in [0.25, 0.3) is 0 Å². The lowest BCUT2D eigenvalue weighted by Crippen LogP contribution is -2.16. The second-order valence-corrected chi connectivity index (χ2v) is 6.96. The van der Waals surface area contributed by atoms with Crippen molar-refractivity contribution < 1.29 is 4.79 Å². The van der Waals surface area contributed by atoms with Gasteiger partial charge < -0.3 is 16.1 Å². The van der Waals surface area contributed by atoms with Crippen LogP contribution in [0.5, 0.6) is 0 Å². The fourth-order valence-corrected chi connectivity index (χ4v) is 3.53. The summed E-state index contributed by atoms with van der Waals surface area (Å²) in [4.78, 5) is 19.2. The van der Waals surface area contributed by atoms with Gasteiger partial charge in [-0.15, -0.1) is 21.5 Å². The third kappa shape index (κ3) is 3.21. The number of thiazole rings is 1. The van der Waals surface area contributed by atoms with E-state index in [9.17, 15) is 4.79 Å². The molecular weight excluding hydrogens is 358 g/mol. The van der Waals surface area contributed by atoms with E-state index < -0.39 is 0 Å². The number of nitrogen functional groups attached to an aromatic ring is 1. The van der Waals surface area contributed by atoms with Crippen molar-refractivity contribution in [1.29, 1.82) is 0 Å². The summed E-state index contributed by atoms with van der Waals surface area (Å²) in [5.41, 5.74) is 1.77. The van der Waals surface area contributed by atoms with Crippen molar-refractivity contribution in [2.24, 2.45) is 0 Å². The normalized spacial score (nSPS) is 11.0. The fraction of sp³-hybridized carbons (Fsp3) is 0.0667. The number of hydrogen-bond donors (Lipinski definition) is 3. The number of amides is 1. The largest absolute Gasteiger partial charge is 0.352 e. The smallest absolute Gasteiger partial charge is 0.236 e. The van der Waals surface area contributed by atoms with E-state index in [2.05, 4.69) is 25.5 Å². The summed E-state index contributed by atoms with van der Waals surface area (Å²) in [5.74, 6) is 6.60. The van der Waals surface area contributed by atoms with Crippen molar-refractivity contribution >= 4 is 45.0 Å². The highest BCUT2D eigenvalue weighted by Gasteiger charge is 2.15. The quantitative estimate of drug-likeness (QED) is 0.366. The minimum atomic E-state index is -0.171. The number of nitrogens with zero attached hydrogens (tertiary/aromatic N) is 4. The number of anilines is 1. The molecule has 4 N–H and O–H groups in total. The number of nitrogens with one attached hydrogen (secondary N) is 2. The maximum absolute atomic E-state index is 11.9. The molecule has 0 aliphatic carbocycles. The average Bonchev–Trinajstić information content (AvgIpc) is 3.32. The van der Waals surface area contributed by atoms with Crippen LogP contribution in [0.1, 0.15) is 0 Å². The van der Waals surface area contributed by atoms with E-state index in [1.807, 2.05) is 30.3 Å². The molecule has 0 fully saturated rings. The van der Waals surface area contributed by atoms with E-state index in [0.717, 1.165) is 16.6 Å². The van der Waals surface area contributed by atoms with Gasteiger partial charge in [-0.2, -0.15) is 0 Å². The number of para-hydroxylation sites is 1. The molecule has 4 aromatic rings. The van der Waals surface area contributed by atoms with Crippen LogP contribution in [0.2, 0.25) is 0 Å². The second kappa shape index (κ2) is 6.57. The van der Waals surface area contributed by atoms with Gasteiger partial charge in [-0.25, -0.2) is 9.66 Å². The van der Waals surface area contributed by atoms with Gasteiger partial charge in [-0.1, -0.05) is 30.0 Å². The van der Waals surface area contributed by atoms with Gasteiger partial charge in [0.05, 0.1) is 11.4 Å². The number of carbonyl (C=O) groups is 1. The first kappa shape index (κ1) is 15.7. The molecule has 0 aliphatic heterocycles. The van der Waals surface area contributed by atoms with Crippen LogP contribution in [0, 0.1) is 0 Å². The van der Waals surface area contributed by atoms with Crippen LogP contribution in [-0.4, -0.2) is 36.5 Å². The Bertz CT molecular complexity index is 989. The van der Waals surface area contributed by atoms with E-state index in [1.54, 1.807) is 11.6 Å². The Balaban J connectivity index is 1.48. The fourth-order valence-electron chi connectivity index (χ4n) is 2.32. The molecule has 0 saturated heterocycles. The molecule has 0 saturated carbocycles. The SMILES string of the molecule is Nn1c(SCC(=O)Nc2nccs2)nnc1-c1cc2ccccc2[nH]1. The van der Waals surface area contributed by atoms with Crippen LogP contribution in [0.4, 0.5) is 5.13 Å². The van der Waals surface area contributed by atoms with Gasteiger partial charge in [-0.05, 0) is 12.1 Å². The zero-order chi connectivity index (χ0) is 17.2. The Hall–Kier alpha value is -2.85. The molecule has 0 unspecified atom stereocenters. The van der Waals surface area contributed by atoms with Crippen molar-refractivity contribution in [3.05, 3.63) is 41.9 Å². The standard InChI is InChI=1S/C15H13N7OS2/c16-22-13(11-7-9-3-1-2-4-10(9)18-11)20-21-15(22)25-8-12(23)19-14-17-5-6-24-14/h1-7,18H,8,16H2,(H,17,19,23). The molecule has 3 aromatic heterocycles. The molecule has 0 bridgehead atoms. The Labute approximate surface area is 150 Å². The van der Waals surface area contributed by atoms with Crippen LogP contribution in [0.3, 0.4) is 0 Å². The Morgan fingerprint density at radius 1 is 1.36 bits per heavy atom. The molecular formula is C15H13N7OS2. The van der Waals surface area contributed by atoms with E-state index in [4.69, 9.17) is 5.84 Å². The van der Waals surface area contributed by atoms with Crippen LogP contribution in [-0.2, 0) is 4.79 Å². The van der Waals surface area contributed by atoms with Crippen molar-refractivity contribution in [2.75, 3.05) is 16.9 Å². The zero-order valence-corrected chi connectivity index (χ0v) is 14.5. The molecule has 1 amide bonds. The highest BCUT2D eigenvalue weighted by Crippen LogP contribution is 2.24. The summed E-state index contributed by atoms with van der Waals surface area (Å²) in [5, 5.41) is 14.8. The Morgan fingerprint density at radius 2 is 2.24 bits per heavy atom. The lowest BCUT2D eigenvalue weighted by molar-refractivity contribution is -0.113. The number of thioether (sulfide) groups is 1. The first-order valence-corrected chi connectivity index (χ1v) is 9.18. The summed E-state index contributed by atoms with van der Waals surface area (Å²) in [7, 11) is 0. The minimum absolute atomic E-state index is 0.168. The molecule has 0 atom stereocenters. The van der Waals surface area contributed by atoms with Crippen molar-refractivity contribution in [1.82, 2.24) is 24.8 Å². The summed E-state index contributed by atoms with van der Waals surface area (Å²) < 4.78 is 1.38. The number of aromatic nitrogens is 5. The van der Waals surface area contributed by atoms with E-state index in [-0.39, 0.29) is 11.7 Å². The predicted molar refractivity (Wildman–Crippen MR) is 98.9 cm³/mol. The second-order valence-electron chi connectivity index (χ2n) is 5.12. The summed E-state index contributed by atoms with van der Waals surface area (Å²) in [6, 6.07) is 9.87. The lowest BCUT2D eigenvalue weighted by Gasteiger charge is -2.02. The number of aromatic amines is 1. The topological polar surface area (TPSA) is 115 Å². The molecule has 8 nitrogen and oxygen atoms in total. The maximum Gasteiger partial charge on any atom is 0.236 e. The highest BCUT2D eigenvalue weighted by atomic mass is 32.2. The first-order valence-electron chi connectivity index (χ1n) is 7.31. The van der Waals surface area contributed by atoms with Gasteiger partial charge in [0.2, 0.25) is 11.1 Å². The van der Waals surface area contributed by atoms with Crippen molar-refractivity contribution in [3.8, 4) is 11.5 Å². The zero-order valence-electron chi connectivity index (χ0n) is 12.8. The van der Waals surface area contributed by atoms with E-state index in [0.29, 0.717) is 16.1 Å². The number of fused-ring (bicyclic) bond motifs is 1. The number of rotatable bonds is 5. The minimum Gasteiger partial charge on any atom is -0.352 e. The van der Waals surface area contributed by atoms with Gasteiger partial charge in [0.15, 0.2) is 11.0 Å². The Morgan fingerprint density at radius 3 is 3.04 bits per heavy atom. The Kier molecular flexibility index (Phi) is 4.12. The number of hydrogen-bond acceptors (Lipinski definition) is 7. The number of H-pyrrole nitrogens is 1. The van der Waals surface area contributed by atoms with Crippen LogP contribution in [0.15, 0.2) is 47.1 Å². The molecule has 10 heteroatoms.